The van der Waals surface area contributed by atoms with E-state index in [0.717, 1.165) is 0 Å². The summed E-state index contributed by atoms with van der Waals surface area (Å²) in [6.07, 6.45) is -1.66. The Morgan fingerprint density at radius 1 is 0.875 bits per heavy atom. The van der Waals surface area contributed by atoms with Crippen LogP contribution in [0.15, 0.2) is 0 Å². The molecule has 93 valence electrons. The topological polar surface area (TPSA) is 55.8 Å². The van der Waals surface area contributed by atoms with Crippen molar-refractivity contribution in [3.63, 3.8) is 0 Å². The highest BCUT2D eigenvalue weighted by atomic mass is 16.6. The molecule has 0 aromatic rings. The molecular formula is C11H20NO4. The van der Waals surface area contributed by atoms with E-state index in [4.69, 9.17) is 9.47 Å². The molecule has 0 aromatic carbocycles. The van der Waals surface area contributed by atoms with Gasteiger partial charge in [-0.1, -0.05) is 0 Å². The number of carbonyl (C=O) groups is 2. The minimum absolute atomic E-state index is 0.566. The van der Waals surface area contributed by atoms with Crippen LogP contribution in [0.3, 0.4) is 0 Å². The molecule has 0 saturated carbocycles. The summed E-state index contributed by atoms with van der Waals surface area (Å²) in [5.74, 6) is 0. The Bertz CT molecular complexity index is 245. The highest BCUT2D eigenvalue weighted by Crippen LogP contribution is 2.13. The molecule has 0 saturated heterocycles. The summed E-state index contributed by atoms with van der Waals surface area (Å²) in [5.41, 5.74) is -1.34. The first kappa shape index (κ1) is 14.7. The van der Waals surface area contributed by atoms with Gasteiger partial charge in [-0.2, -0.15) is 0 Å². The molecule has 0 aliphatic carbocycles. The van der Waals surface area contributed by atoms with Gasteiger partial charge < -0.3 is 9.47 Å². The zero-order valence-electron chi connectivity index (χ0n) is 10.8. The molecule has 0 N–H and O–H groups in total. The van der Waals surface area contributed by atoms with Crippen molar-refractivity contribution in [3.05, 3.63) is 7.05 Å². The molecule has 0 heterocycles. The van der Waals surface area contributed by atoms with Gasteiger partial charge in [0.2, 0.25) is 0 Å². The number of amides is 2. The number of ether oxygens (including phenoxy) is 2. The molecule has 1 radical (unpaired) electrons. The monoisotopic (exact) mass is 230 g/mol. The Balaban J connectivity index is 4.40. The first-order chi connectivity index (χ1) is 6.92. The standard InChI is InChI=1S/C11H20NO4/c1-10(2,3)15-8(13)12(7)9(14)16-11(4,5)6/h7H2,1-6H3. The van der Waals surface area contributed by atoms with Gasteiger partial charge in [0, 0.05) is 0 Å². The van der Waals surface area contributed by atoms with E-state index < -0.39 is 23.4 Å². The number of hydrogen-bond donors (Lipinski definition) is 0. The number of carbonyl (C=O) groups excluding carboxylic acids is 2. The van der Waals surface area contributed by atoms with Gasteiger partial charge in [-0.25, -0.2) is 14.5 Å². The lowest BCUT2D eigenvalue weighted by molar-refractivity contribution is 0.0101. The van der Waals surface area contributed by atoms with Crippen molar-refractivity contribution in [1.29, 1.82) is 0 Å². The van der Waals surface area contributed by atoms with Crippen LogP contribution in [0, 0.1) is 7.05 Å². The zero-order valence-corrected chi connectivity index (χ0v) is 10.8. The van der Waals surface area contributed by atoms with E-state index in [-0.39, 0.29) is 0 Å². The molecule has 0 bridgehead atoms. The average molecular weight is 230 g/mol. The van der Waals surface area contributed by atoms with Crippen molar-refractivity contribution in [2.45, 2.75) is 52.7 Å². The highest BCUT2D eigenvalue weighted by molar-refractivity contribution is 5.88. The molecule has 0 spiro atoms. The maximum absolute atomic E-state index is 11.4. The average Bonchev–Trinajstić information content (AvgIpc) is 1.96. The fraction of sp³-hybridized carbons (Fsp3) is 0.727. The quantitative estimate of drug-likeness (QED) is 0.642. The van der Waals surface area contributed by atoms with Crippen molar-refractivity contribution >= 4 is 12.2 Å². The smallest absolute Gasteiger partial charge is 0.419 e. The second kappa shape index (κ2) is 4.72. The Labute approximate surface area is 96.7 Å². The highest BCUT2D eigenvalue weighted by Gasteiger charge is 2.27. The Morgan fingerprint density at radius 3 is 1.31 bits per heavy atom. The van der Waals surface area contributed by atoms with Crippen molar-refractivity contribution in [2.24, 2.45) is 0 Å². The first-order valence-electron chi connectivity index (χ1n) is 4.99. The van der Waals surface area contributed by atoms with E-state index in [9.17, 15) is 9.59 Å². The second-order valence-electron chi connectivity index (χ2n) is 5.39. The molecule has 16 heavy (non-hydrogen) atoms. The van der Waals surface area contributed by atoms with Gasteiger partial charge in [0.05, 0.1) is 7.05 Å². The predicted molar refractivity (Wildman–Crippen MR) is 59.7 cm³/mol. The summed E-state index contributed by atoms with van der Waals surface area (Å²) >= 11 is 0. The van der Waals surface area contributed by atoms with Crippen LogP contribution in [0.5, 0.6) is 0 Å². The summed E-state index contributed by atoms with van der Waals surface area (Å²) in [7, 11) is 3.29. The maximum atomic E-state index is 11.4. The van der Waals surface area contributed by atoms with Gasteiger partial charge in [-0.15, -0.1) is 0 Å². The van der Waals surface area contributed by atoms with Gasteiger partial charge in [0.25, 0.3) is 0 Å². The molecule has 0 unspecified atom stereocenters. The fourth-order valence-corrected chi connectivity index (χ4v) is 0.709. The summed E-state index contributed by atoms with van der Waals surface area (Å²) in [4.78, 5) is 23.4. The Morgan fingerprint density at radius 2 is 1.12 bits per heavy atom. The lowest BCUT2D eigenvalue weighted by atomic mass is 10.2. The molecule has 0 aliphatic rings. The van der Waals surface area contributed by atoms with Crippen LogP contribution >= 0.6 is 0 Å². The number of hydrogen-bond acceptors (Lipinski definition) is 4. The molecule has 0 rings (SSSR count). The molecule has 5 nitrogen and oxygen atoms in total. The summed E-state index contributed by atoms with van der Waals surface area (Å²) in [5, 5.41) is 0. The number of imide groups is 1. The minimum Gasteiger partial charge on any atom is -0.443 e. The maximum Gasteiger partial charge on any atom is 0.419 e. The van der Waals surface area contributed by atoms with Crippen LogP contribution in [0.25, 0.3) is 0 Å². The molecule has 0 fully saturated rings. The third-order valence-corrected chi connectivity index (χ3v) is 1.23. The van der Waals surface area contributed by atoms with E-state index in [1.165, 1.54) is 0 Å². The van der Waals surface area contributed by atoms with Crippen LogP contribution < -0.4 is 0 Å². The molecule has 0 aliphatic heterocycles. The largest absolute Gasteiger partial charge is 0.443 e. The normalized spacial score (nSPS) is 11.9. The van der Waals surface area contributed by atoms with Crippen LogP contribution in [0.4, 0.5) is 9.59 Å². The van der Waals surface area contributed by atoms with Gasteiger partial charge in [0.15, 0.2) is 0 Å². The molecule has 5 heteroatoms. The summed E-state index contributed by atoms with van der Waals surface area (Å²) in [6, 6.07) is 0. The lowest BCUT2D eigenvalue weighted by Crippen LogP contribution is -2.39. The van der Waals surface area contributed by atoms with Crippen molar-refractivity contribution in [2.75, 3.05) is 0 Å². The zero-order chi connectivity index (χ0) is 13.1. The van der Waals surface area contributed by atoms with Gasteiger partial charge in [-0.05, 0) is 41.5 Å². The summed E-state index contributed by atoms with van der Waals surface area (Å²) < 4.78 is 9.92. The SMILES string of the molecule is [CH2]N(C(=O)OC(C)(C)C)C(=O)OC(C)(C)C. The van der Waals surface area contributed by atoms with E-state index in [0.29, 0.717) is 4.90 Å². The van der Waals surface area contributed by atoms with Gasteiger partial charge in [0.1, 0.15) is 11.2 Å². The molecular weight excluding hydrogens is 210 g/mol. The number of nitrogens with zero attached hydrogens (tertiary/aromatic N) is 1. The van der Waals surface area contributed by atoms with Crippen molar-refractivity contribution in [3.8, 4) is 0 Å². The predicted octanol–water partition coefficient (Wildman–Crippen LogP) is 2.95. The lowest BCUT2D eigenvalue weighted by Gasteiger charge is -2.26. The van der Waals surface area contributed by atoms with Gasteiger partial charge in [-0.3, -0.25) is 0 Å². The summed E-state index contributed by atoms with van der Waals surface area (Å²) in [6.45, 7) is 10.2. The Hall–Kier alpha value is -1.26. The van der Waals surface area contributed by atoms with E-state index in [1.54, 1.807) is 41.5 Å². The van der Waals surface area contributed by atoms with Crippen molar-refractivity contribution in [1.82, 2.24) is 4.90 Å². The van der Waals surface area contributed by atoms with Crippen LogP contribution in [0.2, 0.25) is 0 Å². The third kappa shape index (κ3) is 6.27. The molecule has 0 atom stereocenters. The van der Waals surface area contributed by atoms with Gasteiger partial charge >= 0.3 is 12.2 Å². The number of rotatable bonds is 0. The van der Waals surface area contributed by atoms with Crippen LogP contribution in [-0.4, -0.2) is 28.3 Å². The van der Waals surface area contributed by atoms with Crippen LogP contribution in [-0.2, 0) is 9.47 Å². The molecule has 2 amide bonds. The van der Waals surface area contributed by atoms with Crippen LogP contribution in [0.1, 0.15) is 41.5 Å². The third-order valence-electron chi connectivity index (χ3n) is 1.23. The molecule has 0 aromatic heterocycles. The minimum atomic E-state index is -0.832. The van der Waals surface area contributed by atoms with E-state index >= 15 is 0 Å². The Kier molecular flexibility index (Phi) is 4.35. The second-order valence-corrected chi connectivity index (χ2v) is 5.39. The fourth-order valence-electron chi connectivity index (χ4n) is 0.709. The van der Waals surface area contributed by atoms with Crippen molar-refractivity contribution < 1.29 is 19.1 Å². The van der Waals surface area contributed by atoms with E-state index in [1.807, 2.05) is 0 Å². The first-order valence-corrected chi connectivity index (χ1v) is 4.99. The van der Waals surface area contributed by atoms with E-state index in [2.05, 4.69) is 7.05 Å².